The minimum atomic E-state index is -0.832. The first-order chi connectivity index (χ1) is 26.3. The quantitative estimate of drug-likeness (QED) is 0.0777. The van der Waals surface area contributed by atoms with Crippen LogP contribution < -0.4 is 15.4 Å². The SMILES string of the molecule is CC(C)(C)Cc1ccc(CN(CC(C)(C)C)C(=O)c2ccc3cc(OC(=O)c4ccc(N=C(NC(=O)OC(C)(C)C)NC(=O)OC(C)(C)C)cc4)ccc3n2)cc1. The molecule has 12 heteroatoms. The Morgan fingerprint density at radius 1 is 0.667 bits per heavy atom. The first-order valence-electron chi connectivity index (χ1n) is 19.0. The fraction of sp³-hybridized carbons (Fsp3) is 0.422. The van der Waals surface area contributed by atoms with Crippen LogP contribution >= 0.6 is 0 Å². The lowest BCUT2D eigenvalue weighted by atomic mass is 9.88. The van der Waals surface area contributed by atoms with Crippen molar-refractivity contribution in [1.82, 2.24) is 20.5 Å². The van der Waals surface area contributed by atoms with E-state index in [1.807, 2.05) is 4.90 Å². The summed E-state index contributed by atoms with van der Waals surface area (Å²) in [5, 5.41) is 5.54. The standard InChI is InChI=1S/C45H57N5O7/c1-42(2,3)26-29-13-15-30(16-14-29)27-50(28-43(4,5)6)37(51)36-23-19-32-25-34(22-24-35(32)47-36)55-38(52)31-17-20-33(21-18-31)46-39(48-40(53)56-44(7,8)9)49-41(54)57-45(10,11)12/h13-25H,26-28H2,1-12H3,(H2,46,48,49,53,54). The van der Waals surface area contributed by atoms with Crippen LogP contribution in [-0.2, 0) is 22.4 Å². The molecule has 0 unspecified atom stereocenters. The van der Waals surface area contributed by atoms with E-state index in [1.54, 1.807) is 71.9 Å². The molecule has 304 valence electrons. The molecule has 0 spiro atoms. The van der Waals surface area contributed by atoms with Gasteiger partial charge in [0.2, 0.25) is 5.96 Å². The zero-order valence-electron chi connectivity index (χ0n) is 35.3. The minimum Gasteiger partial charge on any atom is -0.444 e. The monoisotopic (exact) mass is 779 g/mol. The fourth-order valence-corrected chi connectivity index (χ4v) is 5.67. The number of pyridine rings is 1. The lowest BCUT2D eigenvalue weighted by Crippen LogP contribution is -2.47. The first-order valence-corrected chi connectivity index (χ1v) is 19.0. The van der Waals surface area contributed by atoms with Crippen molar-refractivity contribution in [3.05, 3.63) is 101 Å². The normalized spacial score (nSPS) is 12.0. The van der Waals surface area contributed by atoms with Crippen LogP contribution in [0.15, 0.2) is 83.9 Å². The van der Waals surface area contributed by atoms with Crippen LogP contribution in [0.2, 0.25) is 0 Å². The van der Waals surface area contributed by atoms with Crippen molar-refractivity contribution in [3.63, 3.8) is 0 Å². The maximum absolute atomic E-state index is 13.9. The van der Waals surface area contributed by atoms with E-state index in [4.69, 9.17) is 19.2 Å². The summed E-state index contributed by atoms with van der Waals surface area (Å²) in [7, 11) is 0. The summed E-state index contributed by atoms with van der Waals surface area (Å²) >= 11 is 0. The molecule has 57 heavy (non-hydrogen) atoms. The first kappa shape index (κ1) is 43.9. The van der Waals surface area contributed by atoms with E-state index >= 15 is 0 Å². The molecule has 0 bridgehead atoms. The molecule has 2 N–H and O–H groups in total. The number of aliphatic imine (C=N–C) groups is 1. The van der Waals surface area contributed by atoms with E-state index in [1.165, 1.54) is 29.8 Å². The Kier molecular flexibility index (Phi) is 13.5. The Morgan fingerprint density at radius 2 is 1.23 bits per heavy atom. The van der Waals surface area contributed by atoms with E-state index in [9.17, 15) is 19.2 Å². The van der Waals surface area contributed by atoms with E-state index in [0.29, 0.717) is 41.1 Å². The molecule has 0 aliphatic carbocycles. The molecule has 0 radical (unpaired) electrons. The molecule has 4 rings (SSSR count). The smallest absolute Gasteiger partial charge is 0.414 e. The van der Waals surface area contributed by atoms with Gasteiger partial charge in [-0.05, 0) is 118 Å². The molecular weight excluding hydrogens is 723 g/mol. The molecule has 1 aromatic heterocycles. The van der Waals surface area contributed by atoms with Gasteiger partial charge in [-0.1, -0.05) is 71.9 Å². The van der Waals surface area contributed by atoms with Crippen molar-refractivity contribution in [2.24, 2.45) is 15.8 Å². The summed E-state index contributed by atoms with van der Waals surface area (Å²) in [5.74, 6) is -0.716. The Hall–Kier alpha value is -5.78. The van der Waals surface area contributed by atoms with E-state index in [2.05, 4.69) is 81.4 Å². The number of esters is 1. The second-order valence-corrected chi connectivity index (χ2v) is 18.5. The molecule has 0 aliphatic rings. The van der Waals surface area contributed by atoms with Crippen LogP contribution in [0.4, 0.5) is 15.3 Å². The molecule has 1 heterocycles. The predicted octanol–water partition coefficient (Wildman–Crippen LogP) is 9.77. The number of amides is 3. The molecular formula is C45H57N5O7. The average Bonchev–Trinajstić information content (AvgIpc) is 3.05. The number of alkyl carbamates (subject to hydrolysis) is 2. The van der Waals surface area contributed by atoms with Gasteiger partial charge < -0.3 is 19.1 Å². The summed E-state index contributed by atoms with van der Waals surface area (Å²) in [6, 6.07) is 23.1. The maximum Gasteiger partial charge on any atom is 0.414 e. The van der Waals surface area contributed by atoms with Gasteiger partial charge in [-0.15, -0.1) is 0 Å². The van der Waals surface area contributed by atoms with Crippen LogP contribution in [0.3, 0.4) is 0 Å². The summed E-state index contributed by atoms with van der Waals surface area (Å²) in [6.45, 7) is 24.2. The zero-order chi connectivity index (χ0) is 42.3. The van der Waals surface area contributed by atoms with Crippen molar-refractivity contribution < 1.29 is 33.4 Å². The van der Waals surface area contributed by atoms with Gasteiger partial charge in [0, 0.05) is 18.5 Å². The summed E-state index contributed by atoms with van der Waals surface area (Å²) in [4.78, 5) is 62.8. The van der Waals surface area contributed by atoms with Crippen LogP contribution in [0, 0.1) is 10.8 Å². The van der Waals surface area contributed by atoms with Gasteiger partial charge in [-0.3, -0.25) is 15.4 Å². The number of rotatable bonds is 8. The molecule has 0 saturated heterocycles. The maximum atomic E-state index is 13.9. The van der Waals surface area contributed by atoms with Crippen LogP contribution in [0.25, 0.3) is 10.9 Å². The highest BCUT2D eigenvalue weighted by Gasteiger charge is 2.25. The molecule has 0 fully saturated rings. The Balaban J connectivity index is 1.47. The van der Waals surface area contributed by atoms with Gasteiger partial charge in [0.25, 0.3) is 5.91 Å². The van der Waals surface area contributed by atoms with Crippen LogP contribution in [-0.4, -0.2) is 57.7 Å². The van der Waals surface area contributed by atoms with E-state index < -0.39 is 29.4 Å². The number of guanidine groups is 1. The number of benzene rings is 3. The third kappa shape index (κ3) is 15.0. The number of carbonyl (C=O) groups excluding carboxylic acids is 4. The van der Waals surface area contributed by atoms with Crippen molar-refractivity contribution in [3.8, 4) is 5.75 Å². The number of carbonyl (C=O) groups is 4. The Bertz CT molecular complexity index is 2070. The fourth-order valence-electron chi connectivity index (χ4n) is 5.67. The second kappa shape index (κ2) is 17.6. The highest BCUT2D eigenvalue weighted by atomic mass is 16.6. The van der Waals surface area contributed by atoms with Gasteiger partial charge in [0.1, 0.15) is 22.6 Å². The number of hydrogen-bond donors (Lipinski definition) is 2. The molecule has 12 nitrogen and oxygen atoms in total. The zero-order valence-corrected chi connectivity index (χ0v) is 35.3. The molecule has 3 aromatic carbocycles. The summed E-state index contributed by atoms with van der Waals surface area (Å²) in [6.07, 6.45) is -0.692. The molecule has 0 saturated carbocycles. The van der Waals surface area contributed by atoms with Gasteiger partial charge >= 0.3 is 18.2 Å². The molecule has 3 amide bonds. The summed E-state index contributed by atoms with van der Waals surface area (Å²) < 4.78 is 16.3. The Labute approximate surface area is 336 Å². The Morgan fingerprint density at radius 3 is 1.75 bits per heavy atom. The third-order valence-corrected chi connectivity index (χ3v) is 7.76. The van der Waals surface area contributed by atoms with E-state index in [0.717, 1.165) is 12.0 Å². The number of ether oxygens (including phenoxy) is 3. The minimum absolute atomic E-state index is 0.133. The van der Waals surface area contributed by atoms with Crippen molar-refractivity contribution in [2.45, 2.75) is 107 Å². The van der Waals surface area contributed by atoms with E-state index in [-0.39, 0.29) is 28.3 Å². The lowest BCUT2D eigenvalue weighted by molar-refractivity contribution is 0.0543. The highest BCUT2D eigenvalue weighted by molar-refractivity contribution is 6.02. The lowest BCUT2D eigenvalue weighted by Gasteiger charge is -2.30. The highest BCUT2D eigenvalue weighted by Crippen LogP contribution is 2.25. The van der Waals surface area contributed by atoms with Gasteiger partial charge in [0.05, 0.1) is 16.8 Å². The average molecular weight is 780 g/mol. The van der Waals surface area contributed by atoms with Crippen molar-refractivity contribution >= 4 is 46.6 Å². The third-order valence-electron chi connectivity index (χ3n) is 7.76. The number of aromatic nitrogens is 1. The topological polar surface area (TPSA) is 149 Å². The molecule has 0 atom stereocenters. The van der Waals surface area contributed by atoms with Gasteiger partial charge in [-0.25, -0.2) is 24.4 Å². The van der Waals surface area contributed by atoms with Crippen LogP contribution in [0.5, 0.6) is 5.75 Å². The summed E-state index contributed by atoms with van der Waals surface area (Å²) in [5.41, 5.74) is 2.24. The number of fused-ring (bicyclic) bond motifs is 1. The molecule has 4 aromatic rings. The molecule has 0 aliphatic heterocycles. The van der Waals surface area contributed by atoms with Gasteiger partial charge in [0.15, 0.2) is 0 Å². The van der Waals surface area contributed by atoms with Crippen molar-refractivity contribution in [1.29, 1.82) is 0 Å². The van der Waals surface area contributed by atoms with Crippen molar-refractivity contribution in [2.75, 3.05) is 6.54 Å². The largest absolute Gasteiger partial charge is 0.444 e. The second-order valence-electron chi connectivity index (χ2n) is 18.5. The number of nitrogens with one attached hydrogen (secondary N) is 2. The number of nitrogens with zero attached hydrogens (tertiary/aromatic N) is 3. The van der Waals surface area contributed by atoms with Gasteiger partial charge in [-0.2, -0.15) is 0 Å². The van der Waals surface area contributed by atoms with Crippen LogP contribution in [0.1, 0.15) is 115 Å². The number of hydrogen-bond acceptors (Lipinski definition) is 9. The predicted molar refractivity (Wildman–Crippen MR) is 223 cm³/mol.